The van der Waals surface area contributed by atoms with Gasteiger partial charge >= 0.3 is 6.03 Å². The molecule has 0 bridgehead atoms. The van der Waals surface area contributed by atoms with Crippen molar-refractivity contribution in [3.63, 3.8) is 0 Å². The Balaban J connectivity index is 1.37. The van der Waals surface area contributed by atoms with Gasteiger partial charge in [0.1, 0.15) is 11.8 Å². The molecule has 1 aromatic heterocycles. The Hall–Kier alpha value is -4.30. The second-order valence-corrected chi connectivity index (χ2v) is 11.4. The highest BCUT2D eigenvalue weighted by atomic mass is 16.5. The number of ether oxygens (including phenoxy) is 1. The Morgan fingerprint density at radius 3 is 2.45 bits per heavy atom. The van der Waals surface area contributed by atoms with Crippen LogP contribution in [-0.2, 0) is 11.3 Å². The zero-order chi connectivity index (χ0) is 29.6. The van der Waals surface area contributed by atoms with E-state index in [1.54, 1.807) is 7.11 Å². The lowest BCUT2D eigenvalue weighted by Gasteiger charge is -2.34. The maximum absolute atomic E-state index is 14.0. The van der Waals surface area contributed by atoms with Crippen LogP contribution < -0.4 is 15.4 Å². The van der Waals surface area contributed by atoms with E-state index in [0.29, 0.717) is 30.4 Å². The van der Waals surface area contributed by atoms with E-state index in [9.17, 15) is 9.59 Å². The van der Waals surface area contributed by atoms with Crippen molar-refractivity contribution in [3.8, 4) is 5.75 Å². The number of hydrogen-bond donors (Lipinski definition) is 3. The summed E-state index contributed by atoms with van der Waals surface area (Å²) in [5.41, 5.74) is 4.90. The van der Waals surface area contributed by atoms with Gasteiger partial charge in [-0.2, -0.15) is 0 Å². The number of aromatic amines is 1. The first-order valence-electron chi connectivity index (χ1n) is 14.6. The van der Waals surface area contributed by atoms with E-state index < -0.39 is 6.04 Å². The fourth-order valence-corrected chi connectivity index (χ4v) is 5.96. The Morgan fingerprint density at radius 1 is 1.02 bits per heavy atom. The van der Waals surface area contributed by atoms with Crippen molar-refractivity contribution < 1.29 is 14.3 Å². The normalized spacial score (nSPS) is 15.4. The Bertz CT molecular complexity index is 1510. The van der Waals surface area contributed by atoms with Gasteiger partial charge in [-0.3, -0.25) is 4.79 Å². The number of H-pyrrole nitrogens is 1. The zero-order valence-corrected chi connectivity index (χ0v) is 24.9. The first-order valence-corrected chi connectivity index (χ1v) is 14.6. The summed E-state index contributed by atoms with van der Waals surface area (Å²) in [6.07, 6.45) is 3.72. The summed E-state index contributed by atoms with van der Waals surface area (Å²) in [6, 6.07) is 23.2. The average molecular weight is 568 g/mol. The lowest BCUT2D eigenvalue weighted by molar-refractivity contribution is -0.118. The van der Waals surface area contributed by atoms with Gasteiger partial charge in [0.2, 0.25) is 5.91 Å². The number of amides is 3. The van der Waals surface area contributed by atoms with Crippen LogP contribution in [0.4, 0.5) is 10.5 Å². The Labute approximate surface area is 248 Å². The van der Waals surface area contributed by atoms with Gasteiger partial charge in [0.15, 0.2) is 0 Å². The number of carbonyl (C=O) groups is 2. The van der Waals surface area contributed by atoms with Gasteiger partial charge in [0.05, 0.1) is 12.8 Å². The molecule has 0 radical (unpaired) electrons. The summed E-state index contributed by atoms with van der Waals surface area (Å²) in [7, 11) is 5.59. The molecule has 0 aliphatic carbocycles. The van der Waals surface area contributed by atoms with Crippen LogP contribution in [0.5, 0.6) is 5.75 Å². The number of benzene rings is 3. The molecule has 0 saturated carbocycles. The van der Waals surface area contributed by atoms with Gasteiger partial charge in [0, 0.05) is 42.7 Å². The maximum Gasteiger partial charge on any atom is 0.318 e. The molecule has 1 aliphatic rings. The summed E-state index contributed by atoms with van der Waals surface area (Å²) in [5.74, 6) is 0.406. The number of nitrogens with zero attached hydrogens (tertiary/aromatic N) is 2. The fraction of sp³-hybridized carbons (Fsp3) is 0.353. The molecule has 220 valence electrons. The van der Waals surface area contributed by atoms with Crippen LogP contribution in [-0.4, -0.2) is 67.1 Å². The number of likely N-dealkylation sites (tertiary alicyclic amines) is 1. The summed E-state index contributed by atoms with van der Waals surface area (Å²) in [6.45, 7) is 3.99. The minimum atomic E-state index is -0.814. The molecule has 1 fully saturated rings. The molecule has 42 heavy (non-hydrogen) atoms. The molecule has 0 unspecified atom stereocenters. The summed E-state index contributed by atoms with van der Waals surface area (Å²) in [4.78, 5) is 34.9. The van der Waals surface area contributed by atoms with Crippen LogP contribution in [0.3, 0.4) is 0 Å². The first-order chi connectivity index (χ1) is 20.3. The molecule has 3 N–H and O–H groups in total. The monoisotopic (exact) mass is 567 g/mol. The Kier molecular flexibility index (Phi) is 9.12. The van der Waals surface area contributed by atoms with Crippen molar-refractivity contribution in [2.24, 2.45) is 0 Å². The SMILES string of the molecule is COc1ccc(CN(C)C)cc1NC(=O)[C@H](NC(=O)N1CCC(c2ccccc2)CC1)[C@H](C)c1c[nH]c2ccccc12. The molecule has 0 spiro atoms. The van der Waals surface area contributed by atoms with Crippen molar-refractivity contribution >= 4 is 28.5 Å². The predicted octanol–water partition coefficient (Wildman–Crippen LogP) is 5.94. The number of nitrogens with one attached hydrogen (secondary N) is 3. The number of anilines is 1. The predicted molar refractivity (Wildman–Crippen MR) is 168 cm³/mol. The number of para-hydroxylation sites is 1. The highest BCUT2D eigenvalue weighted by Crippen LogP contribution is 2.32. The molecular formula is C34H41N5O3. The molecule has 1 saturated heterocycles. The molecule has 8 heteroatoms. The minimum absolute atomic E-state index is 0.221. The number of carbonyl (C=O) groups excluding carboxylic acids is 2. The quantitative estimate of drug-likeness (QED) is 0.234. The van der Waals surface area contributed by atoms with E-state index in [4.69, 9.17) is 4.74 Å². The van der Waals surface area contributed by atoms with Crippen LogP contribution in [0.1, 0.15) is 48.3 Å². The summed E-state index contributed by atoms with van der Waals surface area (Å²) >= 11 is 0. The molecule has 3 amide bonds. The molecule has 3 aromatic carbocycles. The standard InChI is InChI=1S/C34H41N5O3/c1-23(28-21-35-29-13-9-8-12-27(28)29)32(33(40)36-30-20-24(22-38(2)3)14-15-31(30)42-4)37-34(41)39-18-16-26(17-19-39)25-10-6-5-7-11-25/h5-15,20-21,23,26,32,35H,16-19,22H2,1-4H3,(H,36,40)(H,37,41)/t23-,32-/m1/s1. The van der Waals surface area contributed by atoms with E-state index >= 15 is 0 Å². The molecule has 8 nitrogen and oxygen atoms in total. The third kappa shape index (κ3) is 6.60. The maximum atomic E-state index is 14.0. The van der Waals surface area contributed by atoms with Gasteiger partial charge in [-0.15, -0.1) is 0 Å². The van der Waals surface area contributed by atoms with E-state index in [1.807, 2.05) is 80.6 Å². The summed E-state index contributed by atoms with van der Waals surface area (Å²) in [5, 5.41) is 7.22. The number of fused-ring (bicyclic) bond motifs is 1. The highest BCUT2D eigenvalue weighted by Gasteiger charge is 2.33. The number of hydrogen-bond acceptors (Lipinski definition) is 4. The topological polar surface area (TPSA) is 89.7 Å². The van der Waals surface area contributed by atoms with Gasteiger partial charge < -0.3 is 30.2 Å². The molecular weight excluding hydrogens is 526 g/mol. The van der Waals surface area contributed by atoms with E-state index in [-0.39, 0.29) is 17.9 Å². The Morgan fingerprint density at radius 2 is 1.74 bits per heavy atom. The van der Waals surface area contributed by atoms with Crippen LogP contribution in [0.2, 0.25) is 0 Å². The van der Waals surface area contributed by atoms with Crippen LogP contribution in [0.15, 0.2) is 79.0 Å². The molecule has 2 heterocycles. The second-order valence-electron chi connectivity index (χ2n) is 11.4. The van der Waals surface area contributed by atoms with Gasteiger partial charge in [-0.1, -0.05) is 61.5 Å². The van der Waals surface area contributed by atoms with E-state index in [1.165, 1.54) is 5.56 Å². The summed E-state index contributed by atoms with van der Waals surface area (Å²) < 4.78 is 5.57. The van der Waals surface area contributed by atoms with Gasteiger partial charge in [-0.25, -0.2) is 4.79 Å². The van der Waals surface area contributed by atoms with E-state index in [2.05, 4.69) is 44.8 Å². The lowest BCUT2D eigenvalue weighted by Crippen LogP contribution is -2.53. The minimum Gasteiger partial charge on any atom is -0.495 e. The number of methoxy groups -OCH3 is 1. The largest absolute Gasteiger partial charge is 0.495 e. The smallest absolute Gasteiger partial charge is 0.318 e. The van der Waals surface area contributed by atoms with Crippen LogP contribution in [0.25, 0.3) is 10.9 Å². The van der Waals surface area contributed by atoms with Crippen molar-refractivity contribution in [1.82, 2.24) is 20.1 Å². The van der Waals surface area contributed by atoms with Crippen LogP contribution in [0, 0.1) is 0 Å². The number of piperidine rings is 1. The zero-order valence-electron chi connectivity index (χ0n) is 24.9. The highest BCUT2D eigenvalue weighted by molar-refractivity contribution is 5.99. The van der Waals surface area contributed by atoms with Crippen LogP contribution >= 0.6 is 0 Å². The van der Waals surface area contributed by atoms with Gasteiger partial charge in [-0.05, 0) is 67.7 Å². The number of aromatic nitrogens is 1. The third-order valence-corrected chi connectivity index (χ3v) is 8.25. The van der Waals surface area contributed by atoms with Crippen molar-refractivity contribution in [1.29, 1.82) is 0 Å². The van der Waals surface area contributed by atoms with Crippen molar-refractivity contribution in [2.75, 3.05) is 39.6 Å². The first kappa shape index (κ1) is 29.2. The molecule has 1 aliphatic heterocycles. The molecule has 2 atom stereocenters. The molecule has 4 aromatic rings. The fourth-order valence-electron chi connectivity index (χ4n) is 5.96. The lowest BCUT2D eigenvalue weighted by atomic mass is 9.89. The second kappa shape index (κ2) is 13.1. The van der Waals surface area contributed by atoms with Crippen molar-refractivity contribution in [3.05, 3.63) is 95.7 Å². The average Bonchev–Trinajstić information content (AvgIpc) is 3.44. The third-order valence-electron chi connectivity index (χ3n) is 8.25. The van der Waals surface area contributed by atoms with E-state index in [0.717, 1.165) is 41.4 Å². The number of rotatable bonds is 9. The molecule has 5 rings (SSSR count). The van der Waals surface area contributed by atoms with Gasteiger partial charge in [0.25, 0.3) is 0 Å². The van der Waals surface area contributed by atoms with Crippen molar-refractivity contribution in [2.45, 2.75) is 44.2 Å². The number of urea groups is 1.